The van der Waals surface area contributed by atoms with Gasteiger partial charge in [0.25, 0.3) is 0 Å². The van der Waals surface area contributed by atoms with Crippen LogP contribution in [0.5, 0.6) is 0 Å². The number of hydrogen-bond acceptors (Lipinski definition) is 6. The highest BCUT2D eigenvalue weighted by atomic mass is 15.3. The van der Waals surface area contributed by atoms with Gasteiger partial charge in [-0.2, -0.15) is 0 Å². The molecule has 0 unspecified atom stereocenters. The van der Waals surface area contributed by atoms with E-state index in [2.05, 4.69) is 272 Å². The molecule has 0 fully saturated rings. The second-order valence-electron chi connectivity index (χ2n) is 19.4. The molecule has 0 radical (unpaired) electrons. The van der Waals surface area contributed by atoms with Crippen molar-refractivity contribution in [3.05, 3.63) is 287 Å². The van der Waals surface area contributed by atoms with Crippen LogP contribution in [-0.4, -0.2) is 94.8 Å². The Balaban J connectivity index is 0.977. The van der Waals surface area contributed by atoms with Gasteiger partial charge in [0.05, 0.1) is 0 Å². The molecule has 8 aromatic rings. The van der Waals surface area contributed by atoms with Gasteiger partial charge in [-0.1, -0.05) is 243 Å². The largest absolute Gasteiger partial charge is 0.297 e. The summed E-state index contributed by atoms with van der Waals surface area (Å²) in [6.45, 7) is 17.2. The summed E-state index contributed by atoms with van der Waals surface area (Å²) in [7, 11) is 0. The Hall–Kier alpha value is -6.48. The average molecular weight is 953 g/mol. The number of nitrogens with zero attached hydrogens (tertiary/aromatic N) is 6. The van der Waals surface area contributed by atoms with Gasteiger partial charge in [0.15, 0.2) is 0 Å². The SMILES string of the molecule is c1ccc(CN(CCN(CCN(CCN(Cc2ccccc2)Cc2ccccc2)Cc2ccccc2)Cc2ccccc2)CCN(CCN(Cc2ccccc2)Cc2ccccc2)Cc2ccccc2)cc1. The van der Waals surface area contributed by atoms with Crippen LogP contribution in [0.1, 0.15) is 44.5 Å². The Morgan fingerprint density at radius 2 is 0.250 bits per heavy atom. The monoisotopic (exact) mass is 953 g/mol. The summed E-state index contributed by atoms with van der Waals surface area (Å²) in [6.07, 6.45) is 0. The van der Waals surface area contributed by atoms with Crippen molar-refractivity contribution in [3.8, 4) is 0 Å². The molecule has 0 saturated carbocycles. The number of rotatable bonds is 31. The van der Waals surface area contributed by atoms with Gasteiger partial charge in [0.2, 0.25) is 0 Å². The van der Waals surface area contributed by atoms with E-state index in [1.54, 1.807) is 0 Å². The maximum Gasteiger partial charge on any atom is 0.0237 e. The molecule has 72 heavy (non-hydrogen) atoms. The minimum absolute atomic E-state index is 0.923. The summed E-state index contributed by atoms with van der Waals surface area (Å²) in [5.41, 5.74) is 10.9. The molecular weight excluding hydrogens is 877 g/mol. The molecule has 6 heteroatoms. The van der Waals surface area contributed by atoms with Crippen LogP contribution in [0.2, 0.25) is 0 Å². The molecule has 0 bridgehead atoms. The van der Waals surface area contributed by atoms with Crippen LogP contribution in [0.15, 0.2) is 243 Å². The van der Waals surface area contributed by atoms with Gasteiger partial charge in [-0.25, -0.2) is 0 Å². The fourth-order valence-corrected chi connectivity index (χ4v) is 9.65. The Labute approximate surface area is 432 Å². The zero-order chi connectivity index (χ0) is 49.1. The molecule has 0 amide bonds. The van der Waals surface area contributed by atoms with Crippen molar-refractivity contribution in [2.75, 3.05) is 65.4 Å². The number of hydrogen-bond donors (Lipinski definition) is 0. The minimum atomic E-state index is 0.923. The zero-order valence-electron chi connectivity index (χ0n) is 42.5. The maximum absolute atomic E-state index is 2.71. The van der Waals surface area contributed by atoms with Gasteiger partial charge in [-0.15, -0.1) is 0 Å². The molecule has 0 N–H and O–H groups in total. The van der Waals surface area contributed by atoms with Gasteiger partial charge in [-0.3, -0.25) is 29.4 Å². The third-order valence-corrected chi connectivity index (χ3v) is 13.7. The molecule has 0 aliphatic rings. The lowest BCUT2D eigenvalue weighted by atomic mass is 10.1. The normalized spacial score (nSPS) is 11.7. The summed E-state index contributed by atoms with van der Waals surface area (Å²) < 4.78 is 0. The van der Waals surface area contributed by atoms with Crippen LogP contribution >= 0.6 is 0 Å². The molecule has 0 saturated heterocycles. The van der Waals surface area contributed by atoms with E-state index in [0.29, 0.717) is 0 Å². The summed E-state index contributed by atoms with van der Waals surface area (Å²) in [5, 5.41) is 0. The Morgan fingerprint density at radius 1 is 0.139 bits per heavy atom. The van der Waals surface area contributed by atoms with Gasteiger partial charge in [0, 0.05) is 118 Å². The first-order valence-corrected chi connectivity index (χ1v) is 26.3. The van der Waals surface area contributed by atoms with E-state index in [0.717, 1.165) is 118 Å². The van der Waals surface area contributed by atoms with Crippen molar-refractivity contribution >= 4 is 0 Å². The Kier molecular flexibility index (Phi) is 21.4. The first kappa shape index (κ1) is 51.9. The second kappa shape index (κ2) is 29.8. The molecular formula is C66H76N6. The van der Waals surface area contributed by atoms with E-state index in [4.69, 9.17) is 0 Å². The highest BCUT2D eigenvalue weighted by Gasteiger charge is 2.18. The Morgan fingerprint density at radius 3 is 0.389 bits per heavy atom. The van der Waals surface area contributed by atoms with Crippen molar-refractivity contribution in [2.45, 2.75) is 52.4 Å². The minimum Gasteiger partial charge on any atom is -0.297 e. The maximum atomic E-state index is 2.71. The highest BCUT2D eigenvalue weighted by Crippen LogP contribution is 2.16. The van der Waals surface area contributed by atoms with Gasteiger partial charge < -0.3 is 0 Å². The standard InChI is InChI=1S/C66H76N6/c1-9-25-59(26-10-1)51-67(43-45-69(53-61-29-13-3-14-30-61)47-49-71(55-63-33-17-5-18-34-63)56-64-35-19-6-20-36-64)41-42-68(52-60-27-11-2-12-28-60)44-46-70(54-62-31-15-4-16-32-62)48-50-72(57-65-37-21-7-22-38-65)58-66-39-23-8-24-40-66/h1-40H,41-58H2. The van der Waals surface area contributed by atoms with Crippen LogP contribution in [-0.2, 0) is 52.4 Å². The van der Waals surface area contributed by atoms with E-state index < -0.39 is 0 Å². The van der Waals surface area contributed by atoms with Crippen molar-refractivity contribution in [2.24, 2.45) is 0 Å². The fraction of sp³-hybridized carbons (Fsp3) is 0.273. The van der Waals surface area contributed by atoms with Gasteiger partial charge in [0.1, 0.15) is 0 Å². The molecule has 0 spiro atoms. The number of benzene rings is 8. The molecule has 0 aromatic heterocycles. The molecule has 0 atom stereocenters. The fourth-order valence-electron chi connectivity index (χ4n) is 9.65. The quantitative estimate of drug-likeness (QED) is 0.0429. The van der Waals surface area contributed by atoms with E-state index >= 15 is 0 Å². The summed E-state index contributed by atoms with van der Waals surface area (Å²) >= 11 is 0. The summed E-state index contributed by atoms with van der Waals surface area (Å²) in [4.78, 5) is 16.1. The van der Waals surface area contributed by atoms with Crippen LogP contribution in [0.3, 0.4) is 0 Å². The predicted molar refractivity (Wildman–Crippen MR) is 301 cm³/mol. The van der Waals surface area contributed by atoms with E-state index in [1.165, 1.54) is 44.5 Å². The zero-order valence-corrected chi connectivity index (χ0v) is 42.5. The van der Waals surface area contributed by atoms with E-state index in [9.17, 15) is 0 Å². The lowest BCUT2D eigenvalue weighted by molar-refractivity contribution is 0.135. The van der Waals surface area contributed by atoms with Crippen molar-refractivity contribution < 1.29 is 0 Å². The molecule has 0 aliphatic heterocycles. The lowest BCUT2D eigenvalue weighted by Crippen LogP contribution is -2.43. The third kappa shape index (κ3) is 18.9. The summed E-state index contributed by atoms with van der Waals surface area (Å²) in [5.74, 6) is 0. The first-order chi connectivity index (χ1) is 35.6. The predicted octanol–water partition coefficient (Wildman–Crippen LogP) is 12.4. The van der Waals surface area contributed by atoms with Crippen LogP contribution in [0, 0.1) is 0 Å². The van der Waals surface area contributed by atoms with E-state index in [-0.39, 0.29) is 0 Å². The topological polar surface area (TPSA) is 19.4 Å². The van der Waals surface area contributed by atoms with Gasteiger partial charge in [-0.05, 0) is 44.5 Å². The van der Waals surface area contributed by atoms with Crippen molar-refractivity contribution in [3.63, 3.8) is 0 Å². The average Bonchev–Trinajstić information content (AvgIpc) is 3.43. The lowest BCUT2D eigenvalue weighted by Gasteiger charge is -2.33. The Bertz CT molecular complexity index is 2340. The second-order valence-corrected chi connectivity index (χ2v) is 19.4. The van der Waals surface area contributed by atoms with Gasteiger partial charge >= 0.3 is 0 Å². The molecule has 8 rings (SSSR count). The molecule has 6 nitrogen and oxygen atoms in total. The van der Waals surface area contributed by atoms with Crippen molar-refractivity contribution in [1.29, 1.82) is 0 Å². The highest BCUT2D eigenvalue weighted by molar-refractivity contribution is 5.21. The smallest absolute Gasteiger partial charge is 0.0237 e. The first-order valence-electron chi connectivity index (χ1n) is 26.3. The third-order valence-electron chi connectivity index (χ3n) is 13.7. The van der Waals surface area contributed by atoms with Crippen LogP contribution in [0.4, 0.5) is 0 Å². The molecule has 0 heterocycles. The molecule has 8 aromatic carbocycles. The van der Waals surface area contributed by atoms with Crippen LogP contribution in [0.25, 0.3) is 0 Å². The molecule has 0 aliphatic carbocycles. The molecule has 370 valence electrons. The van der Waals surface area contributed by atoms with Crippen LogP contribution < -0.4 is 0 Å². The van der Waals surface area contributed by atoms with Crippen molar-refractivity contribution in [1.82, 2.24) is 29.4 Å². The summed E-state index contributed by atoms with van der Waals surface area (Å²) in [6, 6.07) is 88.2. The van der Waals surface area contributed by atoms with E-state index in [1.807, 2.05) is 0 Å².